The highest BCUT2D eigenvalue weighted by atomic mass is 16.6. The lowest BCUT2D eigenvalue weighted by molar-refractivity contribution is -0.163. The van der Waals surface area contributed by atoms with Gasteiger partial charge in [0.2, 0.25) is 5.91 Å². The highest BCUT2D eigenvalue weighted by molar-refractivity contribution is 5.88. The van der Waals surface area contributed by atoms with Gasteiger partial charge in [0.1, 0.15) is 17.7 Å². The van der Waals surface area contributed by atoms with Crippen LogP contribution in [-0.2, 0) is 23.9 Å². The van der Waals surface area contributed by atoms with Crippen molar-refractivity contribution in [1.29, 1.82) is 0 Å². The second-order valence-electron chi connectivity index (χ2n) is 9.08. The summed E-state index contributed by atoms with van der Waals surface area (Å²) in [6, 6.07) is 6.73. The zero-order valence-electron chi connectivity index (χ0n) is 19.7. The number of hydrogen-bond acceptors (Lipinski definition) is 7. The van der Waals surface area contributed by atoms with E-state index in [2.05, 4.69) is 5.32 Å². The van der Waals surface area contributed by atoms with Gasteiger partial charge in [-0.05, 0) is 53.0 Å². The van der Waals surface area contributed by atoms with Gasteiger partial charge in [-0.2, -0.15) is 0 Å². The van der Waals surface area contributed by atoms with Crippen LogP contribution in [-0.4, -0.2) is 64.7 Å². The SMILES string of the molecule is CCOC(=O)[C@H](C[C@H](O)c1ccccc1)N[C@@H](C)C(=O)N1CCC[C@H]1C(=O)OC(C)(C)C. The molecule has 4 atom stereocenters. The standard InChI is InChI=1S/C24H36N2O6/c1-6-31-22(29)18(15-20(27)17-11-8-7-9-12-17)25-16(2)21(28)26-14-10-13-19(26)23(30)32-24(3,4)5/h7-9,11-12,16,18-20,25,27H,6,10,13-15H2,1-5H3/t16-,18-,19-,20-/m0/s1. The van der Waals surface area contributed by atoms with Crippen LogP contribution < -0.4 is 5.32 Å². The average molecular weight is 449 g/mol. The highest BCUT2D eigenvalue weighted by Gasteiger charge is 2.39. The van der Waals surface area contributed by atoms with Crippen LogP contribution in [0.5, 0.6) is 0 Å². The predicted molar refractivity (Wildman–Crippen MR) is 120 cm³/mol. The van der Waals surface area contributed by atoms with Gasteiger partial charge < -0.3 is 19.5 Å². The third-order valence-corrected chi connectivity index (χ3v) is 5.25. The lowest BCUT2D eigenvalue weighted by atomic mass is 10.0. The van der Waals surface area contributed by atoms with Crippen molar-refractivity contribution < 1.29 is 29.0 Å². The van der Waals surface area contributed by atoms with Crippen LogP contribution in [0.2, 0.25) is 0 Å². The van der Waals surface area contributed by atoms with E-state index in [1.165, 1.54) is 4.90 Å². The Morgan fingerprint density at radius 1 is 1.22 bits per heavy atom. The monoisotopic (exact) mass is 448 g/mol. The molecule has 1 aromatic rings. The molecule has 0 bridgehead atoms. The van der Waals surface area contributed by atoms with E-state index in [9.17, 15) is 19.5 Å². The number of nitrogens with zero attached hydrogens (tertiary/aromatic N) is 1. The number of hydrogen-bond donors (Lipinski definition) is 2. The van der Waals surface area contributed by atoms with E-state index < -0.39 is 41.8 Å². The predicted octanol–water partition coefficient (Wildman–Crippen LogP) is 2.35. The van der Waals surface area contributed by atoms with Crippen molar-refractivity contribution >= 4 is 17.8 Å². The molecular weight excluding hydrogens is 412 g/mol. The van der Waals surface area contributed by atoms with Crippen LogP contribution in [0.1, 0.15) is 65.5 Å². The van der Waals surface area contributed by atoms with Crippen molar-refractivity contribution in [3.63, 3.8) is 0 Å². The first-order chi connectivity index (χ1) is 15.0. The molecule has 1 saturated heterocycles. The third-order valence-electron chi connectivity index (χ3n) is 5.25. The fraction of sp³-hybridized carbons (Fsp3) is 0.625. The number of aliphatic hydroxyl groups is 1. The van der Waals surface area contributed by atoms with Crippen LogP contribution >= 0.6 is 0 Å². The molecular formula is C24H36N2O6. The molecule has 8 heteroatoms. The van der Waals surface area contributed by atoms with E-state index >= 15 is 0 Å². The summed E-state index contributed by atoms with van der Waals surface area (Å²) in [6.45, 7) is 9.36. The van der Waals surface area contributed by atoms with Gasteiger partial charge in [-0.1, -0.05) is 30.3 Å². The Kier molecular flexibility index (Phi) is 9.21. The first-order valence-electron chi connectivity index (χ1n) is 11.2. The van der Waals surface area contributed by atoms with Crippen LogP contribution in [0, 0.1) is 0 Å². The minimum Gasteiger partial charge on any atom is -0.465 e. The molecule has 0 spiro atoms. The van der Waals surface area contributed by atoms with Crippen molar-refractivity contribution in [2.75, 3.05) is 13.2 Å². The minimum absolute atomic E-state index is 0.0515. The van der Waals surface area contributed by atoms with Gasteiger partial charge in [-0.3, -0.25) is 14.9 Å². The van der Waals surface area contributed by atoms with Crippen molar-refractivity contribution in [3.05, 3.63) is 35.9 Å². The maximum atomic E-state index is 13.1. The van der Waals surface area contributed by atoms with E-state index in [1.54, 1.807) is 46.8 Å². The number of likely N-dealkylation sites (tertiary alicyclic amines) is 1. The van der Waals surface area contributed by atoms with Crippen molar-refractivity contribution in [2.45, 2.75) is 83.7 Å². The smallest absolute Gasteiger partial charge is 0.329 e. The third kappa shape index (κ3) is 7.31. The van der Waals surface area contributed by atoms with Gasteiger partial charge in [0, 0.05) is 13.0 Å². The summed E-state index contributed by atoms with van der Waals surface area (Å²) in [5, 5.41) is 13.6. The normalized spacial score (nSPS) is 19.2. The molecule has 0 aliphatic carbocycles. The molecule has 32 heavy (non-hydrogen) atoms. The number of carbonyl (C=O) groups is 3. The minimum atomic E-state index is -0.901. The number of rotatable bonds is 9. The van der Waals surface area contributed by atoms with E-state index in [0.29, 0.717) is 24.9 Å². The molecule has 0 radical (unpaired) electrons. The van der Waals surface area contributed by atoms with Gasteiger partial charge in [-0.15, -0.1) is 0 Å². The van der Waals surface area contributed by atoms with Gasteiger partial charge in [-0.25, -0.2) is 4.79 Å². The molecule has 0 unspecified atom stereocenters. The summed E-state index contributed by atoms with van der Waals surface area (Å²) in [6.07, 6.45) is 0.398. The summed E-state index contributed by atoms with van der Waals surface area (Å²) in [5.41, 5.74) is 0.0352. The first-order valence-corrected chi connectivity index (χ1v) is 11.2. The van der Waals surface area contributed by atoms with E-state index in [0.717, 1.165) is 0 Å². The lowest BCUT2D eigenvalue weighted by Crippen LogP contribution is -2.54. The zero-order chi connectivity index (χ0) is 23.9. The molecule has 1 amide bonds. The van der Waals surface area contributed by atoms with Crippen LogP contribution in [0.3, 0.4) is 0 Å². The van der Waals surface area contributed by atoms with Gasteiger partial charge >= 0.3 is 11.9 Å². The van der Waals surface area contributed by atoms with E-state index in [-0.39, 0.29) is 18.9 Å². The maximum absolute atomic E-state index is 13.1. The van der Waals surface area contributed by atoms with E-state index in [1.807, 2.05) is 18.2 Å². The van der Waals surface area contributed by atoms with Crippen LogP contribution in [0.4, 0.5) is 0 Å². The second kappa shape index (κ2) is 11.4. The Morgan fingerprint density at radius 3 is 2.47 bits per heavy atom. The average Bonchev–Trinajstić information content (AvgIpc) is 3.22. The topological polar surface area (TPSA) is 105 Å². The first kappa shape index (κ1) is 25.8. The number of aliphatic hydroxyl groups excluding tert-OH is 1. The number of nitrogens with one attached hydrogen (secondary N) is 1. The maximum Gasteiger partial charge on any atom is 0.329 e. The quantitative estimate of drug-likeness (QED) is 0.559. The summed E-state index contributed by atoms with van der Waals surface area (Å²) in [5.74, 6) is -1.24. The van der Waals surface area contributed by atoms with Gasteiger partial charge in [0.05, 0.1) is 18.8 Å². The number of esters is 2. The molecule has 0 saturated carbocycles. The summed E-state index contributed by atoms with van der Waals surface area (Å²) >= 11 is 0. The lowest BCUT2D eigenvalue weighted by Gasteiger charge is -2.30. The highest BCUT2D eigenvalue weighted by Crippen LogP contribution is 2.23. The molecule has 2 N–H and O–H groups in total. The van der Waals surface area contributed by atoms with Crippen LogP contribution in [0.25, 0.3) is 0 Å². The molecule has 1 aliphatic heterocycles. The molecule has 1 aromatic carbocycles. The molecule has 0 aromatic heterocycles. The summed E-state index contributed by atoms with van der Waals surface area (Å²) < 4.78 is 10.6. The molecule has 178 valence electrons. The summed E-state index contributed by atoms with van der Waals surface area (Å²) in [7, 11) is 0. The number of ether oxygens (including phenoxy) is 2. The Balaban J connectivity index is 2.08. The molecule has 2 rings (SSSR count). The van der Waals surface area contributed by atoms with Gasteiger partial charge in [0.15, 0.2) is 0 Å². The van der Waals surface area contributed by atoms with Crippen LogP contribution in [0.15, 0.2) is 30.3 Å². The Hall–Kier alpha value is -2.45. The Labute approximate surface area is 190 Å². The van der Waals surface area contributed by atoms with E-state index in [4.69, 9.17) is 9.47 Å². The Bertz CT molecular complexity index is 776. The van der Waals surface area contributed by atoms with Gasteiger partial charge in [0.25, 0.3) is 0 Å². The zero-order valence-corrected chi connectivity index (χ0v) is 19.7. The summed E-state index contributed by atoms with van der Waals surface area (Å²) in [4.78, 5) is 39.8. The fourth-order valence-electron chi connectivity index (χ4n) is 3.78. The molecule has 1 heterocycles. The molecule has 1 aliphatic rings. The Morgan fingerprint density at radius 2 is 1.88 bits per heavy atom. The fourth-order valence-corrected chi connectivity index (χ4v) is 3.78. The second-order valence-corrected chi connectivity index (χ2v) is 9.08. The number of amides is 1. The number of carbonyl (C=O) groups excluding carboxylic acids is 3. The number of benzene rings is 1. The van der Waals surface area contributed by atoms with Crippen molar-refractivity contribution in [2.24, 2.45) is 0 Å². The largest absolute Gasteiger partial charge is 0.465 e. The van der Waals surface area contributed by atoms with Crippen molar-refractivity contribution in [3.8, 4) is 0 Å². The van der Waals surface area contributed by atoms with Crippen molar-refractivity contribution in [1.82, 2.24) is 10.2 Å². The molecule has 1 fully saturated rings. The molecule has 8 nitrogen and oxygen atoms in total.